The lowest BCUT2D eigenvalue weighted by atomic mass is 10.1. The second-order valence-electron chi connectivity index (χ2n) is 10.9. The van der Waals surface area contributed by atoms with E-state index in [1.165, 1.54) is 6.33 Å². The summed E-state index contributed by atoms with van der Waals surface area (Å²) in [6.07, 6.45) is 5.83. The number of nitrogens with two attached hydrogens (primary N) is 2. The molecule has 1 amide bonds. The summed E-state index contributed by atoms with van der Waals surface area (Å²) >= 11 is 0. The topological polar surface area (TPSA) is 137 Å². The van der Waals surface area contributed by atoms with Crippen LogP contribution in [-0.2, 0) is 4.79 Å². The molecule has 0 aliphatic carbocycles. The standard InChI is InChI=1S/C33H36N8O2/c34-27-11-6-7-12-28(27)38-29(42)13-5-2-8-19-40-20-18-24(21-40)41-33-30(32(35)36-22-37-33)31(39-41)23-14-16-26(17-15-23)43-25-9-3-1-4-10-25/h1,3-4,6-7,9-12,14-17,22,24H,2,5,8,13,18-21,34H2,(H,38,42)(H2,35,36,37). The molecule has 1 unspecified atom stereocenters. The van der Waals surface area contributed by atoms with E-state index >= 15 is 0 Å². The highest BCUT2D eigenvalue weighted by Crippen LogP contribution is 2.35. The van der Waals surface area contributed by atoms with Gasteiger partial charge in [-0.1, -0.05) is 36.8 Å². The summed E-state index contributed by atoms with van der Waals surface area (Å²) in [6.45, 7) is 2.86. The van der Waals surface area contributed by atoms with Crippen LogP contribution in [0.2, 0.25) is 0 Å². The predicted molar refractivity (Wildman–Crippen MR) is 170 cm³/mol. The van der Waals surface area contributed by atoms with E-state index in [0.717, 1.165) is 79.1 Å². The molecule has 1 saturated heterocycles. The van der Waals surface area contributed by atoms with Gasteiger partial charge >= 0.3 is 0 Å². The van der Waals surface area contributed by atoms with Gasteiger partial charge < -0.3 is 26.4 Å². The normalized spacial score (nSPS) is 15.1. The van der Waals surface area contributed by atoms with Gasteiger partial charge in [0.05, 0.1) is 22.8 Å². The molecular weight excluding hydrogens is 540 g/mol. The molecule has 1 atom stereocenters. The predicted octanol–water partition coefficient (Wildman–Crippen LogP) is 5.90. The first-order chi connectivity index (χ1) is 21.0. The summed E-state index contributed by atoms with van der Waals surface area (Å²) in [5, 5.41) is 8.71. The van der Waals surface area contributed by atoms with Crippen LogP contribution < -0.4 is 21.5 Å². The number of amides is 1. The highest BCUT2D eigenvalue weighted by atomic mass is 16.5. The lowest BCUT2D eigenvalue weighted by molar-refractivity contribution is -0.116. The van der Waals surface area contributed by atoms with Gasteiger partial charge in [-0.2, -0.15) is 5.10 Å². The van der Waals surface area contributed by atoms with Gasteiger partial charge in [0.1, 0.15) is 29.3 Å². The summed E-state index contributed by atoms with van der Waals surface area (Å²) in [5.74, 6) is 1.95. The van der Waals surface area contributed by atoms with Crippen LogP contribution >= 0.6 is 0 Å². The van der Waals surface area contributed by atoms with Gasteiger partial charge in [0.2, 0.25) is 5.91 Å². The van der Waals surface area contributed by atoms with Crippen molar-refractivity contribution in [3.8, 4) is 22.8 Å². The van der Waals surface area contributed by atoms with Gasteiger partial charge in [0.25, 0.3) is 0 Å². The fourth-order valence-electron chi connectivity index (χ4n) is 5.59. The number of nitrogens with one attached hydrogen (secondary N) is 1. The molecular formula is C33H36N8O2. The van der Waals surface area contributed by atoms with Crippen LogP contribution in [0.5, 0.6) is 11.5 Å². The highest BCUT2D eigenvalue weighted by molar-refractivity contribution is 5.98. The van der Waals surface area contributed by atoms with Crippen LogP contribution in [0.15, 0.2) is 85.2 Å². The quantitative estimate of drug-likeness (QED) is 0.131. The average Bonchev–Trinajstić information content (AvgIpc) is 3.65. The van der Waals surface area contributed by atoms with E-state index in [0.29, 0.717) is 23.6 Å². The van der Waals surface area contributed by atoms with Gasteiger partial charge in [0, 0.05) is 25.1 Å². The van der Waals surface area contributed by atoms with Gasteiger partial charge in [-0.15, -0.1) is 0 Å². The molecule has 0 bridgehead atoms. The number of rotatable bonds is 11. The molecule has 5 aromatic rings. The van der Waals surface area contributed by atoms with Crippen LogP contribution in [0.1, 0.15) is 38.1 Å². The number of anilines is 3. The number of fused-ring (bicyclic) bond motifs is 1. The number of para-hydroxylation sites is 3. The maximum absolute atomic E-state index is 12.3. The number of carbonyl (C=O) groups is 1. The number of carbonyl (C=O) groups excluding carboxylic acids is 1. The number of aromatic nitrogens is 4. The minimum Gasteiger partial charge on any atom is -0.457 e. The fraction of sp³-hybridized carbons (Fsp3) is 0.273. The maximum atomic E-state index is 12.3. The van der Waals surface area contributed by atoms with Crippen molar-refractivity contribution in [2.24, 2.45) is 0 Å². The first-order valence-corrected chi connectivity index (χ1v) is 14.7. The number of hydrogen-bond acceptors (Lipinski definition) is 8. The summed E-state index contributed by atoms with van der Waals surface area (Å²) in [7, 11) is 0. The van der Waals surface area contributed by atoms with Gasteiger partial charge in [-0.25, -0.2) is 14.6 Å². The Labute approximate surface area is 250 Å². The van der Waals surface area contributed by atoms with E-state index in [1.54, 1.807) is 6.07 Å². The minimum absolute atomic E-state index is 0.000115. The lowest BCUT2D eigenvalue weighted by Crippen LogP contribution is -2.23. The maximum Gasteiger partial charge on any atom is 0.224 e. The van der Waals surface area contributed by atoms with Crippen LogP contribution in [0, 0.1) is 0 Å². The van der Waals surface area contributed by atoms with E-state index in [2.05, 4.69) is 20.2 Å². The number of ether oxygens (including phenoxy) is 1. The van der Waals surface area contributed by atoms with Crippen molar-refractivity contribution in [3.63, 3.8) is 0 Å². The van der Waals surface area contributed by atoms with Crippen molar-refractivity contribution in [1.29, 1.82) is 0 Å². The molecule has 43 heavy (non-hydrogen) atoms. The smallest absolute Gasteiger partial charge is 0.224 e. The summed E-state index contributed by atoms with van der Waals surface area (Å²) in [6, 6.07) is 25.1. The molecule has 0 spiro atoms. The SMILES string of the molecule is Nc1ccccc1NC(=O)CCCCCN1CCC(n2nc(-c3ccc(Oc4ccccc4)cc3)c3c(N)ncnc32)C1. The van der Waals surface area contributed by atoms with Crippen molar-refractivity contribution < 1.29 is 9.53 Å². The molecule has 3 aromatic carbocycles. The lowest BCUT2D eigenvalue weighted by Gasteiger charge is -2.16. The summed E-state index contributed by atoms with van der Waals surface area (Å²) < 4.78 is 7.99. The Kier molecular flexibility index (Phi) is 8.46. The largest absolute Gasteiger partial charge is 0.457 e. The first kappa shape index (κ1) is 28.2. The molecule has 1 aliphatic rings. The van der Waals surface area contributed by atoms with Crippen molar-refractivity contribution in [2.45, 2.75) is 38.1 Å². The number of hydrogen-bond donors (Lipinski definition) is 3. The summed E-state index contributed by atoms with van der Waals surface area (Å²) in [4.78, 5) is 23.6. The summed E-state index contributed by atoms with van der Waals surface area (Å²) in [5.41, 5.74) is 16.0. The number of likely N-dealkylation sites (tertiary alicyclic amines) is 1. The number of nitrogen functional groups attached to an aromatic ring is 2. The molecule has 220 valence electrons. The molecule has 6 rings (SSSR count). The Morgan fingerprint density at radius 2 is 1.67 bits per heavy atom. The van der Waals surface area contributed by atoms with Gasteiger partial charge in [-0.05, 0) is 74.3 Å². The molecule has 10 heteroatoms. The zero-order chi connectivity index (χ0) is 29.6. The van der Waals surface area contributed by atoms with E-state index in [1.807, 2.05) is 77.5 Å². The zero-order valence-corrected chi connectivity index (χ0v) is 24.0. The van der Waals surface area contributed by atoms with Crippen LogP contribution in [0.3, 0.4) is 0 Å². The third-order valence-electron chi connectivity index (χ3n) is 7.83. The Bertz CT molecular complexity index is 1690. The van der Waals surface area contributed by atoms with Crippen molar-refractivity contribution in [3.05, 3.63) is 85.2 Å². The Hall–Kier alpha value is -4.96. The third kappa shape index (κ3) is 6.60. The van der Waals surface area contributed by atoms with Crippen LogP contribution in [0.25, 0.3) is 22.3 Å². The zero-order valence-electron chi connectivity index (χ0n) is 24.0. The van der Waals surface area contributed by atoms with Crippen LogP contribution in [-0.4, -0.2) is 50.2 Å². The molecule has 1 fully saturated rings. The van der Waals surface area contributed by atoms with E-state index in [4.69, 9.17) is 21.3 Å². The highest BCUT2D eigenvalue weighted by Gasteiger charge is 2.28. The molecule has 0 saturated carbocycles. The minimum atomic E-state index is 0.000115. The van der Waals surface area contributed by atoms with E-state index in [9.17, 15) is 4.79 Å². The fourth-order valence-corrected chi connectivity index (χ4v) is 5.59. The number of benzene rings is 3. The second-order valence-corrected chi connectivity index (χ2v) is 10.9. The molecule has 3 heterocycles. The Morgan fingerprint density at radius 3 is 2.49 bits per heavy atom. The Morgan fingerprint density at radius 1 is 0.907 bits per heavy atom. The second kappa shape index (κ2) is 12.9. The van der Waals surface area contributed by atoms with E-state index in [-0.39, 0.29) is 11.9 Å². The third-order valence-corrected chi connectivity index (χ3v) is 7.83. The molecule has 5 N–H and O–H groups in total. The number of unbranched alkanes of at least 4 members (excludes halogenated alkanes) is 2. The average molecular weight is 577 g/mol. The van der Waals surface area contributed by atoms with Crippen molar-refractivity contribution in [1.82, 2.24) is 24.6 Å². The molecule has 0 radical (unpaired) electrons. The van der Waals surface area contributed by atoms with Crippen molar-refractivity contribution >= 4 is 34.1 Å². The molecule has 2 aromatic heterocycles. The van der Waals surface area contributed by atoms with Crippen LogP contribution in [0.4, 0.5) is 17.2 Å². The Balaban J connectivity index is 1.05. The van der Waals surface area contributed by atoms with Gasteiger partial charge in [0.15, 0.2) is 5.65 Å². The monoisotopic (exact) mass is 576 g/mol. The first-order valence-electron chi connectivity index (χ1n) is 14.7. The van der Waals surface area contributed by atoms with Gasteiger partial charge in [-0.3, -0.25) is 4.79 Å². The molecule has 1 aliphatic heterocycles. The number of nitrogens with zero attached hydrogens (tertiary/aromatic N) is 5. The molecule has 10 nitrogen and oxygen atoms in total. The van der Waals surface area contributed by atoms with Crippen molar-refractivity contribution in [2.75, 3.05) is 36.4 Å². The van der Waals surface area contributed by atoms with E-state index < -0.39 is 0 Å².